The smallest absolute Gasteiger partial charge is 0.223 e. The van der Waals surface area contributed by atoms with E-state index in [4.69, 9.17) is 19.2 Å². The summed E-state index contributed by atoms with van der Waals surface area (Å²) >= 11 is 0. The van der Waals surface area contributed by atoms with Crippen molar-refractivity contribution in [1.29, 1.82) is 0 Å². The van der Waals surface area contributed by atoms with Crippen LogP contribution in [0.2, 0.25) is 0 Å². The van der Waals surface area contributed by atoms with Gasteiger partial charge in [0.25, 0.3) is 0 Å². The van der Waals surface area contributed by atoms with E-state index in [0.29, 0.717) is 19.2 Å². The summed E-state index contributed by atoms with van der Waals surface area (Å²) < 4.78 is 17.8. The van der Waals surface area contributed by atoms with Crippen molar-refractivity contribution in [3.05, 3.63) is 36.5 Å². The molecule has 7 heteroatoms. The zero-order valence-corrected chi connectivity index (χ0v) is 18.1. The molecule has 166 valence electrons. The maximum absolute atomic E-state index is 6.14. The first kappa shape index (κ1) is 20.7. The van der Waals surface area contributed by atoms with Gasteiger partial charge in [-0.2, -0.15) is 0 Å². The Morgan fingerprint density at radius 3 is 2.61 bits per heavy atom. The fraction of sp³-hybridized carbons (Fsp3) is 0.583. The number of aromatic nitrogens is 2. The van der Waals surface area contributed by atoms with Gasteiger partial charge in [-0.25, -0.2) is 9.97 Å². The lowest BCUT2D eigenvalue weighted by molar-refractivity contribution is 0.0671. The molecule has 1 aromatic heterocycles. The molecular formula is C24H32N4O3. The minimum absolute atomic E-state index is 0.0161. The Morgan fingerprint density at radius 1 is 1.00 bits per heavy atom. The number of rotatable bonds is 7. The van der Waals surface area contributed by atoms with Gasteiger partial charge in [-0.1, -0.05) is 31.4 Å². The molecule has 5 rings (SSSR count). The van der Waals surface area contributed by atoms with Gasteiger partial charge in [-0.05, 0) is 43.5 Å². The Bertz CT molecular complexity index is 873. The first-order valence-corrected chi connectivity index (χ1v) is 11.5. The van der Waals surface area contributed by atoms with Crippen LogP contribution in [0.4, 0.5) is 5.95 Å². The highest BCUT2D eigenvalue weighted by molar-refractivity contribution is 5.67. The number of benzene rings is 1. The van der Waals surface area contributed by atoms with Crippen LogP contribution in [0.1, 0.15) is 32.1 Å². The molecule has 3 heterocycles. The van der Waals surface area contributed by atoms with Crippen LogP contribution in [-0.2, 0) is 9.47 Å². The maximum Gasteiger partial charge on any atom is 0.223 e. The van der Waals surface area contributed by atoms with Crippen LogP contribution in [0.3, 0.4) is 0 Å². The molecule has 7 nitrogen and oxygen atoms in total. The van der Waals surface area contributed by atoms with Crippen molar-refractivity contribution < 1.29 is 14.2 Å². The van der Waals surface area contributed by atoms with E-state index in [-0.39, 0.29) is 24.3 Å². The predicted octanol–water partition coefficient (Wildman–Crippen LogP) is 3.27. The third-order valence-corrected chi connectivity index (χ3v) is 6.80. The van der Waals surface area contributed by atoms with Gasteiger partial charge in [0.05, 0.1) is 38.1 Å². The van der Waals surface area contributed by atoms with Crippen molar-refractivity contribution in [2.75, 3.05) is 32.2 Å². The van der Waals surface area contributed by atoms with E-state index in [1.54, 1.807) is 13.3 Å². The number of fused-ring (bicyclic) bond motifs is 1. The fourth-order valence-corrected chi connectivity index (χ4v) is 5.11. The van der Waals surface area contributed by atoms with Gasteiger partial charge in [0.15, 0.2) is 0 Å². The molecule has 0 unspecified atom stereocenters. The van der Waals surface area contributed by atoms with Gasteiger partial charge in [0.2, 0.25) is 5.95 Å². The van der Waals surface area contributed by atoms with Crippen molar-refractivity contribution in [3.63, 3.8) is 0 Å². The minimum atomic E-state index is 0.0161. The summed E-state index contributed by atoms with van der Waals surface area (Å²) in [5.74, 6) is 2.18. The van der Waals surface area contributed by atoms with Gasteiger partial charge in [-0.15, -0.1) is 0 Å². The molecular weight excluding hydrogens is 392 g/mol. The standard InChI is InChI=1S/C24H32N4O3/c1-29-21-10-6-5-9-17(21)18-11-12-25-24(27-18)28-20-15-31-22-19(14-30-23(20)22)26-13-16-7-3-2-4-8-16/h5-6,9-12,16,19-20,22-23,26H,2-4,7-8,13-15H2,1H3,(H,25,27,28)/t19-,20-,22+,23+/m0/s1. The molecule has 4 atom stereocenters. The number of hydrogen-bond donors (Lipinski definition) is 2. The highest BCUT2D eigenvalue weighted by Gasteiger charge is 2.47. The molecule has 3 aliphatic rings. The van der Waals surface area contributed by atoms with E-state index in [0.717, 1.165) is 29.5 Å². The summed E-state index contributed by atoms with van der Waals surface area (Å²) in [6.07, 6.45) is 8.70. The van der Waals surface area contributed by atoms with Crippen molar-refractivity contribution in [2.45, 2.75) is 56.4 Å². The van der Waals surface area contributed by atoms with Crippen LogP contribution in [0.15, 0.2) is 36.5 Å². The van der Waals surface area contributed by atoms with Crippen LogP contribution in [0, 0.1) is 5.92 Å². The average Bonchev–Trinajstić information content (AvgIpc) is 3.41. The topological polar surface area (TPSA) is 77.5 Å². The fourth-order valence-electron chi connectivity index (χ4n) is 5.11. The Kier molecular flexibility index (Phi) is 6.34. The Balaban J connectivity index is 1.21. The van der Waals surface area contributed by atoms with Crippen LogP contribution in [-0.4, -0.2) is 61.1 Å². The molecule has 0 bridgehead atoms. The zero-order chi connectivity index (χ0) is 21.0. The lowest BCUT2D eigenvalue weighted by atomic mass is 9.89. The summed E-state index contributed by atoms with van der Waals surface area (Å²) in [6, 6.07) is 10.1. The molecule has 0 spiro atoms. The normalized spacial score (nSPS) is 28.4. The van der Waals surface area contributed by atoms with Gasteiger partial charge in [0.1, 0.15) is 18.0 Å². The molecule has 1 aromatic carbocycles. The van der Waals surface area contributed by atoms with Crippen LogP contribution in [0.25, 0.3) is 11.3 Å². The second-order valence-corrected chi connectivity index (χ2v) is 8.83. The molecule has 2 aliphatic heterocycles. The number of hydrogen-bond acceptors (Lipinski definition) is 7. The highest BCUT2D eigenvalue weighted by Crippen LogP contribution is 2.31. The van der Waals surface area contributed by atoms with Crippen LogP contribution in [0.5, 0.6) is 5.75 Å². The molecule has 0 amide bonds. The quantitative estimate of drug-likeness (QED) is 0.706. The van der Waals surface area contributed by atoms with E-state index in [1.165, 1.54) is 32.1 Å². The lowest BCUT2D eigenvalue weighted by Gasteiger charge is -2.25. The van der Waals surface area contributed by atoms with Crippen LogP contribution >= 0.6 is 0 Å². The molecule has 2 aromatic rings. The molecule has 2 saturated heterocycles. The Hall–Kier alpha value is -2.22. The summed E-state index contributed by atoms with van der Waals surface area (Å²) in [7, 11) is 1.67. The number of para-hydroxylation sites is 1. The van der Waals surface area contributed by atoms with E-state index >= 15 is 0 Å². The van der Waals surface area contributed by atoms with Crippen LogP contribution < -0.4 is 15.4 Å². The minimum Gasteiger partial charge on any atom is -0.496 e. The number of methoxy groups -OCH3 is 1. The van der Waals surface area contributed by atoms with E-state index < -0.39 is 0 Å². The van der Waals surface area contributed by atoms with Gasteiger partial charge >= 0.3 is 0 Å². The largest absolute Gasteiger partial charge is 0.496 e. The third-order valence-electron chi connectivity index (χ3n) is 6.80. The molecule has 0 radical (unpaired) electrons. The summed E-state index contributed by atoms with van der Waals surface area (Å²) in [5.41, 5.74) is 1.77. The summed E-state index contributed by atoms with van der Waals surface area (Å²) in [5, 5.41) is 7.17. The second kappa shape index (κ2) is 9.51. The molecule has 3 fully saturated rings. The van der Waals surface area contributed by atoms with E-state index in [1.807, 2.05) is 30.3 Å². The van der Waals surface area contributed by atoms with Crippen molar-refractivity contribution >= 4 is 5.95 Å². The summed E-state index contributed by atoms with van der Waals surface area (Å²) in [4.78, 5) is 9.14. The Morgan fingerprint density at radius 2 is 1.77 bits per heavy atom. The lowest BCUT2D eigenvalue weighted by Crippen LogP contribution is -2.44. The van der Waals surface area contributed by atoms with Crippen molar-refractivity contribution in [2.24, 2.45) is 5.92 Å². The summed E-state index contributed by atoms with van der Waals surface area (Å²) in [6.45, 7) is 2.37. The monoisotopic (exact) mass is 424 g/mol. The SMILES string of the molecule is COc1ccccc1-c1ccnc(N[C@H]2CO[C@H]3[C@@H]2OC[C@@H]3NCC2CCCCC2)n1. The third kappa shape index (κ3) is 4.54. The Labute approximate surface area is 183 Å². The average molecular weight is 425 g/mol. The molecule has 1 saturated carbocycles. The van der Waals surface area contributed by atoms with E-state index in [9.17, 15) is 0 Å². The molecule has 1 aliphatic carbocycles. The van der Waals surface area contributed by atoms with Gasteiger partial charge in [0, 0.05) is 11.8 Å². The number of anilines is 1. The van der Waals surface area contributed by atoms with Gasteiger partial charge in [-0.3, -0.25) is 0 Å². The molecule has 31 heavy (non-hydrogen) atoms. The first-order chi connectivity index (χ1) is 15.3. The highest BCUT2D eigenvalue weighted by atomic mass is 16.6. The number of nitrogens with one attached hydrogen (secondary N) is 2. The van der Waals surface area contributed by atoms with Crippen molar-refractivity contribution in [3.8, 4) is 17.0 Å². The molecule has 2 N–H and O–H groups in total. The zero-order valence-electron chi connectivity index (χ0n) is 18.1. The second-order valence-electron chi connectivity index (χ2n) is 8.83. The predicted molar refractivity (Wildman–Crippen MR) is 119 cm³/mol. The van der Waals surface area contributed by atoms with Gasteiger partial charge < -0.3 is 24.8 Å². The van der Waals surface area contributed by atoms with Crippen molar-refractivity contribution in [1.82, 2.24) is 15.3 Å². The maximum atomic E-state index is 6.14. The number of nitrogens with zero attached hydrogens (tertiary/aromatic N) is 2. The number of ether oxygens (including phenoxy) is 3. The first-order valence-electron chi connectivity index (χ1n) is 11.5. The van der Waals surface area contributed by atoms with E-state index in [2.05, 4.69) is 15.6 Å².